The zero-order valence-electron chi connectivity index (χ0n) is 14.2. The number of pyridine rings is 1. The Balaban J connectivity index is 1.56. The van der Waals surface area contributed by atoms with Crippen LogP contribution >= 0.6 is 0 Å². The topological polar surface area (TPSA) is 70.5 Å². The standard InChI is InChI=1S/C20H20N2O3S/c23-20-14-22(26(24,25)18-6-3-10-21-13-18)11-9-19(20)17-8-7-15-4-1-2-5-16(15)12-17/h1-8,10,12-13,19-20,23H,9,11,14H2/t19-,20+/m0/s1. The molecule has 26 heavy (non-hydrogen) atoms. The summed E-state index contributed by atoms with van der Waals surface area (Å²) in [4.78, 5) is 4.05. The lowest BCUT2D eigenvalue weighted by Crippen LogP contribution is -2.45. The number of hydrogen-bond donors (Lipinski definition) is 1. The minimum Gasteiger partial charge on any atom is -0.391 e. The van der Waals surface area contributed by atoms with Crippen LogP contribution in [0, 0.1) is 0 Å². The van der Waals surface area contributed by atoms with Crippen molar-refractivity contribution in [2.45, 2.75) is 23.3 Å². The molecule has 4 rings (SSSR count). The van der Waals surface area contributed by atoms with E-state index in [4.69, 9.17) is 0 Å². The number of β-amino-alcohol motifs (C(OH)–C–C–N with tert-alkyl or cyclic N) is 1. The molecule has 0 saturated carbocycles. The van der Waals surface area contributed by atoms with E-state index in [-0.39, 0.29) is 17.4 Å². The van der Waals surface area contributed by atoms with Gasteiger partial charge in [-0.1, -0.05) is 42.5 Å². The molecule has 134 valence electrons. The van der Waals surface area contributed by atoms with Gasteiger partial charge >= 0.3 is 0 Å². The summed E-state index contributed by atoms with van der Waals surface area (Å²) in [7, 11) is -3.62. The number of aliphatic hydroxyl groups is 1. The Morgan fingerprint density at radius 3 is 2.58 bits per heavy atom. The smallest absolute Gasteiger partial charge is 0.244 e. The van der Waals surface area contributed by atoms with Crippen molar-refractivity contribution in [1.29, 1.82) is 0 Å². The number of hydrogen-bond acceptors (Lipinski definition) is 4. The molecule has 0 radical (unpaired) electrons. The van der Waals surface area contributed by atoms with Crippen molar-refractivity contribution in [3.8, 4) is 0 Å². The lowest BCUT2D eigenvalue weighted by molar-refractivity contribution is 0.0855. The second-order valence-corrected chi connectivity index (χ2v) is 8.56. The number of benzene rings is 2. The molecule has 0 spiro atoms. The van der Waals surface area contributed by atoms with E-state index in [1.165, 1.54) is 16.6 Å². The highest BCUT2D eigenvalue weighted by Crippen LogP contribution is 2.32. The Labute approximate surface area is 153 Å². The van der Waals surface area contributed by atoms with Crippen LogP contribution < -0.4 is 0 Å². The van der Waals surface area contributed by atoms with Gasteiger partial charge in [0.25, 0.3) is 0 Å². The Hall–Kier alpha value is -2.28. The van der Waals surface area contributed by atoms with Crippen LogP contribution in [0.2, 0.25) is 0 Å². The SMILES string of the molecule is O=S(=O)(c1cccnc1)N1CC[C@@H](c2ccc3ccccc3c2)[C@H](O)C1. The number of aliphatic hydroxyl groups excluding tert-OH is 1. The molecular weight excluding hydrogens is 348 g/mol. The van der Waals surface area contributed by atoms with Gasteiger partial charge in [-0.25, -0.2) is 8.42 Å². The van der Waals surface area contributed by atoms with Crippen molar-refractivity contribution < 1.29 is 13.5 Å². The van der Waals surface area contributed by atoms with E-state index in [0.717, 1.165) is 16.3 Å². The van der Waals surface area contributed by atoms with Crippen LogP contribution in [0.5, 0.6) is 0 Å². The Bertz CT molecular complexity index is 1020. The summed E-state index contributed by atoms with van der Waals surface area (Å²) in [6.07, 6.45) is 2.73. The van der Waals surface area contributed by atoms with Crippen LogP contribution in [0.1, 0.15) is 17.9 Å². The molecule has 6 heteroatoms. The van der Waals surface area contributed by atoms with Crippen LogP contribution in [0.15, 0.2) is 71.9 Å². The van der Waals surface area contributed by atoms with Gasteiger partial charge in [0, 0.05) is 31.4 Å². The molecule has 0 bridgehead atoms. The summed E-state index contributed by atoms with van der Waals surface area (Å²) in [6.45, 7) is 0.473. The molecule has 1 aliphatic heterocycles. The van der Waals surface area contributed by atoms with Gasteiger partial charge in [-0.2, -0.15) is 4.31 Å². The molecule has 1 N–H and O–H groups in total. The van der Waals surface area contributed by atoms with Crippen LogP contribution in [0.3, 0.4) is 0 Å². The summed E-state index contributed by atoms with van der Waals surface area (Å²) < 4.78 is 26.8. The highest BCUT2D eigenvalue weighted by atomic mass is 32.2. The van der Waals surface area contributed by atoms with Gasteiger partial charge in [-0.15, -0.1) is 0 Å². The predicted octanol–water partition coefficient (Wildman–Crippen LogP) is 2.77. The molecule has 1 saturated heterocycles. The van der Waals surface area contributed by atoms with E-state index in [2.05, 4.69) is 23.2 Å². The first kappa shape index (κ1) is 17.1. The van der Waals surface area contributed by atoms with Crippen molar-refractivity contribution in [2.24, 2.45) is 0 Å². The maximum Gasteiger partial charge on any atom is 0.244 e. The third-order valence-corrected chi connectivity index (χ3v) is 6.87. The number of aromatic nitrogens is 1. The van der Waals surface area contributed by atoms with E-state index in [9.17, 15) is 13.5 Å². The van der Waals surface area contributed by atoms with Gasteiger partial charge in [0.05, 0.1) is 6.10 Å². The first-order valence-corrected chi connectivity index (χ1v) is 10.1. The van der Waals surface area contributed by atoms with E-state index in [1.54, 1.807) is 12.3 Å². The molecule has 0 aliphatic carbocycles. The number of nitrogens with zero attached hydrogens (tertiary/aromatic N) is 2. The Kier molecular flexibility index (Phi) is 4.48. The van der Waals surface area contributed by atoms with Crippen molar-refractivity contribution in [1.82, 2.24) is 9.29 Å². The number of rotatable bonds is 3. The molecule has 2 aromatic carbocycles. The maximum atomic E-state index is 12.7. The van der Waals surface area contributed by atoms with Gasteiger partial charge in [0.1, 0.15) is 4.90 Å². The summed E-state index contributed by atoms with van der Waals surface area (Å²) in [6, 6.07) is 17.4. The van der Waals surface area contributed by atoms with E-state index >= 15 is 0 Å². The second kappa shape index (κ2) is 6.79. The number of piperidine rings is 1. The summed E-state index contributed by atoms with van der Waals surface area (Å²) in [5.41, 5.74) is 1.05. The van der Waals surface area contributed by atoms with Crippen LogP contribution in [-0.2, 0) is 10.0 Å². The summed E-state index contributed by atoms with van der Waals surface area (Å²) in [5, 5.41) is 12.9. The highest BCUT2D eigenvalue weighted by Gasteiger charge is 2.35. The first-order chi connectivity index (χ1) is 12.6. The molecule has 3 aromatic rings. The fraction of sp³-hybridized carbons (Fsp3) is 0.250. The lowest BCUT2D eigenvalue weighted by Gasteiger charge is -2.35. The minimum atomic E-state index is -3.62. The Morgan fingerprint density at radius 2 is 1.85 bits per heavy atom. The average molecular weight is 368 g/mol. The fourth-order valence-electron chi connectivity index (χ4n) is 3.60. The van der Waals surface area contributed by atoms with E-state index in [0.29, 0.717) is 13.0 Å². The summed E-state index contributed by atoms with van der Waals surface area (Å²) >= 11 is 0. The molecule has 5 nitrogen and oxygen atoms in total. The third-order valence-electron chi connectivity index (χ3n) is 5.02. The van der Waals surface area contributed by atoms with Crippen molar-refractivity contribution in [3.05, 3.63) is 72.6 Å². The number of sulfonamides is 1. The van der Waals surface area contributed by atoms with Crippen LogP contribution in [0.4, 0.5) is 0 Å². The lowest BCUT2D eigenvalue weighted by atomic mass is 9.87. The number of fused-ring (bicyclic) bond motifs is 1. The third kappa shape index (κ3) is 3.11. The Morgan fingerprint density at radius 1 is 1.04 bits per heavy atom. The van der Waals surface area contributed by atoms with Crippen molar-refractivity contribution in [2.75, 3.05) is 13.1 Å². The van der Waals surface area contributed by atoms with Gasteiger partial charge in [0.15, 0.2) is 0 Å². The van der Waals surface area contributed by atoms with E-state index < -0.39 is 16.1 Å². The minimum absolute atomic E-state index is 0.0695. The molecule has 0 unspecified atom stereocenters. The van der Waals surface area contributed by atoms with Crippen molar-refractivity contribution >= 4 is 20.8 Å². The summed E-state index contributed by atoms with van der Waals surface area (Å²) in [5.74, 6) is -0.0695. The first-order valence-electron chi connectivity index (χ1n) is 8.62. The molecule has 1 aliphatic rings. The monoisotopic (exact) mass is 368 g/mol. The molecular formula is C20H20N2O3S. The average Bonchev–Trinajstić information content (AvgIpc) is 2.68. The zero-order valence-corrected chi connectivity index (χ0v) is 15.0. The van der Waals surface area contributed by atoms with Crippen LogP contribution in [0.25, 0.3) is 10.8 Å². The van der Waals surface area contributed by atoms with Gasteiger partial charge in [0.2, 0.25) is 10.0 Å². The molecule has 0 amide bonds. The van der Waals surface area contributed by atoms with Gasteiger partial charge in [-0.05, 0) is 34.9 Å². The molecule has 1 aromatic heterocycles. The second-order valence-electron chi connectivity index (χ2n) is 6.62. The normalized spacial score (nSPS) is 21.7. The van der Waals surface area contributed by atoms with Gasteiger partial charge < -0.3 is 5.11 Å². The largest absolute Gasteiger partial charge is 0.391 e. The predicted molar refractivity (Wildman–Crippen MR) is 100 cm³/mol. The maximum absolute atomic E-state index is 12.7. The van der Waals surface area contributed by atoms with Gasteiger partial charge in [-0.3, -0.25) is 4.98 Å². The zero-order chi connectivity index (χ0) is 18.1. The highest BCUT2D eigenvalue weighted by molar-refractivity contribution is 7.89. The molecule has 2 atom stereocenters. The molecule has 2 heterocycles. The van der Waals surface area contributed by atoms with Crippen molar-refractivity contribution in [3.63, 3.8) is 0 Å². The quantitative estimate of drug-likeness (QED) is 0.772. The van der Waals surface area contributed by atoms with Crippen LogP contribution in [-0.4, -0.2) is 42.0 Å². The molecule has 1 fully saturated rings. The van der Waals surface area contributed by atoms with E-state index in [1.807, 2.05) is 24.3 Å². The fourth-order valence-corrected chi connectivity index (χ4v) is 5.03.